The molecule has 1 aromatic carbocycles. The van der Waals surface area contributed by atoms with Crippen molar-refractivity contribution in [3.8, 4) is 0 Å². The van der Waals surface area contributed by atoms with Crippen molar-refractivity contribution in [1.82, 2.24) is 10.2 Å². The minimum atomic E-state index is -3.33. The topological polar surface area (TPSA) is 69.7 Å². The van der Waals surface area contributed by atoms with Gasteiger partial charge in [0.1, 0.15) is 0 Å². The average molecular weight is 408 g/mol. The van der Waals surface area contributed by atoms with Crippen LogP contribution in [0.1, 0.15) is 34.5 Å². The lowest BCUT2D eigenvalue weighted by atomic mass is 10.1. The van der Waals surface area contributed by atoms with Gasteiger partial charge in [-0.2, -0.15) is 11.3 Å². The van der Waals surface area contributed by atoms with Crippen LogP contribution in [-0.2, 0) is 16.4 Å². The van der Waals surface area contributed by atoms with Crippen LogP contribution in [0.4, 0.5) is 5.69 Å². The number of amides is 1. The molecule has 3 rings (SSSR count). The molecule has 0 aliphatic carbocycles. The highest BCUT2D eigenvalue weighted by atomic mass is 32.2. The molecule has 1 amide bonds. The van der Waals surface area contributed by atoms with Crippen LogP contribution < -0.4 is 9.62 Å². The van der Waals surface area contributed by atoms with E-state index in [1.165, 1.54) is 16.1 Å². The van der Waals surface area contributed by atoms with Gasteiger partial charge in [0, 0.05) is 18.2 Å². The fraction of sp³-hybridized carbons (Fsp3) is 0.421. The highest BCUT2D eigenvalue weighted by Crippen LogP contribution is 2.34. The van der Waals surface area contributed by atoms with E-state index in [4.69, 9.17) is 0 Å². The van der Waals surface area contributed by atoms with Gasteiger partial charge in [-0.05, 0) is 73.6 Å². The number of benzene rings is 1. The number of nitrogens with one attached hydrogen (secondary N) is 1. The van der Waals surface area contributed by atoms with Crippen molar-refractivity contribution in [1.29, 1.82) is 0 Å². The van der Waals surface area contributed by atoms with E-state index in [1.54, 1.807) is 23.5 Å². The Labute approximate surface area is 164 Å². The number of carbonyl (C=O) groups excluding carboxylic acids is 1. The third-order valence-corrected chi connectivity index (χ3v) is 6.83. The highest BCUT2D eigenvalue weighted by molar-refractivity contribution is 7.92. The number of fused-ring (bicyclic) bond motifs is 1. The molecule has 1 N–H and O–H groups in total. The third kappa shape index (κ3) is 4.17. The molecule has 146 valence electrons. The van der Waals surface area contributed by atoms with Gasteiger partial charge in [-0.1, -0.05) is 0 Å². The molecule has 2 atom stereocenters. The Kier molecular flexibility index (Phi) is 5.60. The number of sulfonamides is 1. The summed E-state index contributed by atoms with van der Waals surface area (Å²) in [6.45, 7) is 2.38. The number of anilines is 1. The molecule has 27 heavy (non-hydrogen) atoms. The molecular formula is C19H25N3O3S2. The van der Waals surface area contributed by atoms with E-state index in [9.17, 15) is 13.2 Å². The smallest absolute Gasteiger partial charge is 0.251 e. The molecular weight excluding hydrogens is 382 g/mol. The summed E-state index contributed by atoms with van der Waals surface area (Å²) in [5.41, 5.74) is 3.30. The molecule has 0 saturated heterocycles. The van der Waals surface area contributed by atoms with Gasteiger partial charge in [0.05, 0.1) is 18.0 Å². The van der Waals surface area contributed by atoms with Crippen LogP contribution in [0.5, 0.6) is 0 Å². The Morgan fingerprint density at radius 2 is 2.11 bits per heavy atom. The van der Waals surface area contributed by atoms with Crippen molar-refractivity contribution in [2.75, 3.05) is 31.2 Å². The first-order valence-corrected chi connectivity index (χ1v) is 11.6. The summed E-state index contributed by atoms with van der Waals surface area (Å²) < 4.78 is 25.5. The maximum atomic E-state index is 12.6. The average Bonchev–Trinajstić information content (AvgIpc) is 3.19. The summed E-state index contributed by atoms with van der Waals surface area (Å²) >= 11 is 1.64. The molecule has 2 unspecified atom stereocenters. The second kappa shape index (κ2) is 7.61. The second-order valence-electron chi connectivity index (χ2n) is 7.20. The Hall–Kier alpha value is -1.90. The summed E-state index contributed by atoms with van der Waals surface area (Å²) in [6, 6.07) is 7.27. The van der Waals surface area contributed by atoms with Crippen LogP contribution in [0, 0.1) is 0 Å². The Bertz CT molecular complexity index is 924. The zero-order valence-corrected chi connectivity index (χ0v) is 17.6. The van der Waals surface area contributed by atoms with E-state index in [0.29, 0.717) is 24.2 Å². The summed E-state index contributed by atoms with van der Waals surface area (Å²) in [4.78, 5) is 14.7. The SMILES string of the molecule is CC1Cc2cc(C(=O)NCC(c3ccsc3)N(C)C)ccc2N1S(C)(=O)=O. The molecule has 1 aliphatic heterocycles. The maximum Gasteiger partial charge on any atom is 0.251 e. The lowest BCUT2D eigenvalue weighted by Crippen LogP contribution is -2.34. The molecule has 1 aliphatic rings. The van der Waals surface area contributed by atoms with Gasteiger partial charge in [-0.15, -0.1) is 0 Å². The predicted octanol–water partition coefficient (Wildman–Crippen LogP) is 2.49. The van der Waals surface area contributed by atoms with Crippen LogP contribution in [0.3, 0.4) is 0 Å². The van der Waals surface area contributed by atoms with Crippen LogP contribution >= 0.6 is 11.3 Å². The standard InChI is InChI=1S/C19H25N3O3S2/c1-13-9-16-10-14(5-6-17(16)22(13)27(4,24)25)19(23)20-11-18(21(2)3)15-7-8-26-12-15/h5-8,10,12-13,18H,9,11H2,1-4H3,(H,20,23). The van der Waals surface area contributed by atoms with Gasteiger partial charge in [0.25, 0.3) is 5.91 Å². The van der Waals surface area contributed by atoms with Crippen molar-refractivity contribution in [2.24, 2.45) is 0 Å². The fourth-order valence-electron chi connectivity index (χ4n) is 3.60. The number of nitrogens with zero attached hydrogens (tertiary/aromatic N) is 2. The summed E-state index contributed by atoms with van der Waals surface area (Å²) in [7, 11) is 0.656. The second-order valence-corrected chi connectivity index (χ2v) is 9.84. The van der Waals surface area contributed by atoms with Gasteiger partial charge in [-0.3, -0.25) is 9.10 Å². The maximum absolute atomic E-state index is 12.6. The molecule has 2 aromatic rings. The Morgan fingerprint density at radius 1 is 1.37 bits per heavy atom. The van der Waals surface area contributed by atoms with Crippen molar-refractivity contribution in [2.45, 2.75) is 25.4 Å². The van der Waals surface area contributed by atoms with Crippen LogP contribution in [0.25, 0.3) is 0 Å². The van der Waals surface area contributed by atoms with E-state index in [1.807, 2.05) is 32.5 Å². The fourth-order valence-corrected chi connectivity index (χ4v) is 5.57. The monoisotopic (exact) mass is 407 g/mol. The number of likely N-dealkylation sites (N-methyl/N-ethyl adjacent to an activating group) is 1. The molecule has 0 bridgehead atoms. The van der Waals surface area contributed by atoms with Gasteiger partial charge in [-0.25, -0.2) is 8.42 Å². The van der Waals surface area contributed by atoms with Crippen molar-refractivity contribution < 1.29 is 13.2 Å². The molecule has 0 spiro atoms. The minimum Gasteiger partial charge on any atom is -0.350 e. The third-order valence-electron chi connectivity index (χ3n) is 4.86. The van der Waals surface area contributed by atoms with E-state index in [-0.39, 0.29) is 18.0 Å². The van der Waals surface area contributed by atoms with E-state index < -0.39 is 10.0 Å². The number of thiophene rings is 1. The first-order chi connectivity index (χ1) is 12.7. The number of rotatable bonds is 6. The molecule has 0 fully saturated rings. The lowest BCUT2D eigenvalue weighted by molar-refractivity contribution is 0.0942. The number of hydrogen-bond acceptors (Lipinski definition) is 5. The number of hydrogen-bond donors (Lipinski definition) is 1. The summed E-state index contributed by atoms with van der Waals surface area (Å²) in [5, 5.41) is 7.13. The molecule has 1 aromatic heterocycles. The normalized spacial score (nSPS) is 17.8. The molecule has 0 saturated carbocycles. The Balaban J connectivity index is 1.74. The zero-order chi connectivity index (χ0) is 19.8. The first kappa shape index (κ1) is 19.9. The van der Waals surface area contributed by atoms with Crippen molar-refractivity contribution in [3.05, 3.63) is 51.7 Å². The highest BCUT2D eigenvalue weighted by Gasteiger charge is 2.32. The van der Waals surface area contributed by atoms with Gasteiger partial charge in [0.15, 0.2) is 0 Å². The number of carbonyl (C=O) groups is 1. The van der Waals surface area contributed by atoms with Crippen LogP contribution in [-0.4, -0.2) is 52.2 Å². The van der Waals surface area contributed by atoms with E-state index >= 15 is 0 Å². The van der Waals surface area contributed by atoms with Gasteiger partial charge < -0.3 is 10.2 Å². The quantitative estimate of drug-likeness (QED) is 0.799. The van der Waals surface area contributed by atoms with Crippen LogP contribution in [0.2, 0.25) is 0 Å². The summed E-state index contributed by atoms with van der Waals surface area (Å²) in [5.74, 6) is -0.148. The first-order valence-electron chi connectivity index (χ1n) is 8.77. The Morgan fingerprint density at radius 3 is 2.70 bits per heavy atom. The molecule has 8 heteroatoms. The van der Waals surface area contributed by atoms with Gasteiger partial charge >= 0.3 is 0 Å². The largest absolute Gasteiger partial charge is 0.350 e. The molecule has 0 radical (unpaired) electrons. The zero-order valence-electron chi connectivity index (χ0n) is 16.0. The predicted molar refractivity (Wildman–Crippen MR) is 110 cm³/mol. The lowest BCUT2D eigenvalue weighted by Gasteiger charge is -2.24. The summed E-state index contributed by atoms with van der Waals surface area (Å²) in [6.07, 6.45) is 1.82. The van der Waals surface area contributed by atoms with Crippen molar-refractivity contribution >= 4 is 33.0 Å². The van der Waals surface area contributed by atoms with E-state index in [2.05, 4.69) is 21.7 Å². The minimum absolute atomic E-state index is 0.107. The van der Waals surface area contributed by atoms with Crippen LogP contribution in [0.15, 0.2) is 35.0 Å². The van der Waals surface area contributed by atoms with Gasteiger partial charge in [0.2, 0.25) is 10.0 Å². The van der Waals surface area contributed by atoms with E-state index in [0.717, 1.165) is 5.56 Å². The molecule has 6 nitrogen and oxygen atoms in total. The van der Waals surface area contributed by atoms with Crippen molar-refractivity contribution in [3.63, 3.8) is 0 Å². The molecule has 2 heterocycles.